The lowest BCUT2D eigenvalue weighted by atomic mass is 10.1. The summed E-state index contributed by atoms with van der Waals surface area (Å²) >= 11 is 13.6. The molecule has 1 rings (SSSR count). The van der Waals surface area contributed by atoms with E-state index in [4.69, 9.17) is 28.3 Å². The van der Waals surface area contributed by atoms with Gasteiger partial charge in [0.05, 0.1) is 10.6 Å². The molecule has 0 aliphatic rings. The van der Waals surface area contributed by atoms with E-state index in [0.717, 1.165) is 0 Å². The van der Waals surface area contributed by atoms with Crippen LogP contribution in [0.25, 0.3) is 0 Å². The second kappa shape index (κ2) is 6.58. The average Bonchev–Trinajstić information content (AvgIpc) is 2.29. The van der Waals surface area contributed by atoms with Gasteiger partial charge in [-0.2, -0.15) is 0 Å². The molecule has 1 aromatic carbocycles. The standard InChI is InChI=1S/C11H10Cl2INO3/c1-2-8(11(17)18)15-10(16)6-3-5(12)4-7(13)9(6)14/h3-4,8H,2H2,1H3,(H,15,16)(H,17,18)/t8-/m1/s1. The summed E-state index contributed by atoms with van der Waals surface area (Å²) in [6.45, 7) is 1.68. The highest BCUT2D eigenvalue weighted by molar-refractivity contribution is 14.1. The molecule has 0 spiro atoms. The Kier molecular flexibility index (Phi) is 5.68. The second-order valence-electron chi connectivity index (χ2n) is 3.52. The number of carboxylic acid groups (broad SMARTS) is 1. The number of carbonyl (C=O) groups is 2. The Labute approximate surface area is 128 Å². The molecule has 7 heteroatoms. The highest BCUT2D eigenvalue weighted by atomic mass is 127. The number of aliphatic carboxylic acids is 1. The predicted molar refractivity (Wildman–Crippen MR) is 78.4 cm³/mol. The lowest BCUT2D eigenvalue weighted by Crippen LogP contribution is -2.40. The van der Waals surface area contributed by atoms with Gasteiger partial charge in [-0.1, -0.05) is 30.1 Å². The summed E-state index contributed by atoms with van der Waals surface area (Å²) in [6.07, 6.45) is 0.298. The van der Waals surface area contributed by atoms with Crippen molar-refractivity contribution in [2.45, 2.75) is 19.4 Å². The van der Waals surface area contributed by atoms with Gasteiger partial charge in [0, 0.05) is 8.59 Å². The van der Waals surface area contributed by atoms with Crippen LogP contribution >= 0.6 is 45.8 Å². The van der Waals surface area contributed by atoms with E-state index in [2.05, 4.69) is 5.32 Å². The minimum atomic E-state index is -1.08. The van der Waals surface area contributed by atoms with Gasteiger partial charge in [0.25, 0.3) is 5.91 Å². The summed E-state index contributed by atoms with van der Waals surface area (Å²) in [7, 11) is 0. The van der Waals surface area contributed by atoms with Gasteiger partial charge in [0.1, 0.15) is 6.04 Å². The molecule has 0 aromatic heterocycles. The topological polar surface area (TPSA) is 66.4 Å². The largest absolute Gasteiger partial charge is 0.480 e. The molecular weight excluding hydrogens is 392 g/mol. The first kappa shape index (κ1) is 15.5. The third-order valence-corrected chi connectivity index (χ3v) is 4.25. The SMILES string of the molecule is CC[C@@H](NC(=O)c1cc(Cl)cc(Cl)c1I)C(=O)O. The number of hydrogen-bond acceptors (Lipinski definition) is 2. The van der Waals surface area contributed by atoms with E-state index < -0.39 is 17.9 Å². The van der Waals surface area contributed by atoms with Crippen molar-refractivity contribution in [2.24, 2.45) is 0 Å². The molecule has 98 valence electrons. The molecule has 0 unspecified atom stereocenters. The molecule has 0 fully saturated rings. The van der Waals surface area contributed by atoms with Crippen LogP contribution in [0.1, 0.15) is 23.7 Å². The number of rotatable bonds is 4. The van der Waals surface area contributed by atoms with Gasteiger partial charge in [-0.3, -0.25) is 4.79 Å². The summed E-state index contributed by atoms with van der Waals surface area (Å²) in [6, 6.07) is 2.06. The molecule has 1 atom stereocenters. The van der Waals surface area contributed by atoms with Crippen LogP contribution in [0, 0.1) is 3.57 Å². The minimum absolute atomic E-state index is 0.271. The molecule has 18 heavy (non-hydrogen) atoms. The average molecular weight is 402 g/mol. The highest BCUT2D eigenvalue weighted by Gasteiger charge is 2.21. The molecule has 2 N–H and O–H groups in total. The highest BCUT2D eigenvalue weighted by Crippen LogP contribution is 2.26. The van der Waals surface area contributed by atoms with Crippen molar-refractivity contribution in [3.8, 4) is 0 Å². The Morgan fingerprint density at radius 3 is 2.56 bits per heavy atom. The van der Waals surface area contributed by atoms with Gasteiger partial charge < -0.3 is 10.4 Å². The normalized spacial score (nSPS) is 12.0. The lowest BCUT2D eigenvalue weighted by molar-refractivity contribution is -0.139. The van der Waals surface area contributed by atoms with E-state index in [9.17, 15) is 9.59 Å². The van der Waals surface area contributed by atoms with E-state index in [1.54, 1.807) is 6.92 Å². The van der Waals surface area contributed by atoms with Crippen LogP contribution in [0.5, 0.6) is 0 Å². The Hall–Kier alpha value is -0.530. The van der Waals surface area contributed by atoms with Crippen LogP contribution in [0.15, 0.2) is 12.1 Å². The van der Waals surface area contributed by atoms with Gasteiger partial charge in [-0.05, 0) is 41.1 Å². The molecule has 1 aromatic rings. The fraction of sp³-hybridized carbons (Fsp3) is 0.273. The molecule has 0 aliphatic carbocycles. The van der Waals surface area contributed by atoms with Crippen molar-refractivity contribution >= 4 is 57.7 Å². The molecule has 0 heterocycles. The zero-order valence-corrected chi connectivity index (χ0v) is 13.0. The summed E-state index contributed by atoms with van der Waals surface area (Å²) < 4.78 is 0.538. The maximum absolute atomic E-state index is 11.9. The molecule has 0 aliphatic heterocycles. The predicted octanol–water partition coefficient (Wildman–Crippen LogP) is 3.19. The van der Waals surface area contributed by atoms with Crippen molar-refractivity contribution in [2.75, 3.05) is 0 Å². The minimum Gasteiger partial charge on any atom is -0.480 e. The quantitative estimate of drug-likeness (QED) is 0.601. The van der Waals surface area contributed by atoms with Crippen LogP contribution in [-0.4, -0.2) is 23.0 Å². The Bertz CT molecular complexity index is 493. The Morgan fingerprint density at radius 1 is 1.44 bits per heavy atom. The number of nitrogens with one attached hydrogen (secondary N) is 1. The third-order valence-electron chi connectivity index (χ3n) is 2.25. The summed E-state index contributed by atoms with van der Waals surface area (Å²) in [5.41, 5.74) is 0.271. The Balaban J connectivity index is 3.01. The molecular formula is C11H10Cl2INO3. The van der Waals surface area contributed by atoms with Gasteiger partial charge >= 0.3 is 5.97 Å². The monoisotopic (exact) mass is 401 g/mol. The van der Waals surface area contributed by atoms with E-state index in [-0.39, 0.29) is 5.56 Å². The molecule has 0 saturated carbocycles. The van der Waals surface area contributed by atoms with E-state index >= 15 is 0 Å². The van der Waals surface area contributed by atoms with Gasteiger partial charge in [0.15, 0.2) is 0 Å². The lowest BCUT2D eigenvalue weighted by Gasteiger charge is -2.13. The van der Waals surface area contributed by atoms with E-state index in [0.29, 0.717) is 20.0 Å². The molecule has 0 bridgehead atoms. The van der Waals surface area contributed by atoms with Gasteiger partial charge in [-0.15, -0.1) is 0 Å². The smallest absolute Gasteiger partial charge is 0.326 e. The van der Waals surface area contributed by atoms with Crippen LogP contribution in [0.4, 0.5) is 0 Å². The van der Waals surface area contributed by atoms with Crippen molar-refractivity contribution in [3.05, 3.63) is 31.3 Å². The zero-order chi connectivity index (χ0) is 13.9. The second-order valence-corrected chi connectivity index (χ2v) is 5.44. The maximum Gasteiger partial charge on any atom is 0.326 e. The van der Waals surface area contributed by atoms with Crippen molar-refractivity contribution in [1.82, 2.24) is 5.32 Å². The zero-order valence-electron chi connectivity index (χ0n) is 9.34. The molecule has 1 amide bonds. The fourth-order valence-electron chi connectivity index (χ4n) is 1.30. The number of benzene rings is 1. The third kappa shape index (κ3) is 3.73. The van der Waals surface area contributed by atoms with Crippen molar-refractivity contribution < 1.29 is 14.7 Å². The van der Waals surface area contributed by atoms with Crippen molar-refractivity contribution in [1.29, 1.82) is 0 Å². The number of carbonyl (C=O) groups excluding carboxylic acids is 1. The summed E-state index contributed by atoms with van der Waals surface area (Å²) in [4.78, 5) is 22.8. The summed E-state index contributed by atoms with van der Waals surface area (Å²) in [5.74, 6) is -1.58. The van der Waals surface area contributed by atoms with Crippen molar-refractivity contribution in [3.63, 3.8) is 0 Å². The molecule has 0 saturated heterocycles. The van der Waals surface area contributed by atoms with E-state index in [1.807, 2.05) is 22.6 Å². The first-order chi connectivity index (χ1) is 8.36. The van der Waals surface area contributed by atoms with E-state index in [1.165, 1.54) is 12.1 Å². The molecule has 0 radical (unpaired) electrons. The number of halogens is 3. The maximum atomic E-state index is 11.9. The van der Waals surface area contributed by atoms with Crippen LogP contribution in [0.2, 0.25) is 10.0 Å². The van der Waals surface area contributed by atoms with Crippen LogP contribution in [-0.2, 0) is 4.79 Å². The summed E-state index contributed by atoms with van der Waals surface area (Å²) in [5, 5.41) is 12.0. The first-order valence-corrected chi connectivity index (χ1v) is 6.88. The van der Waals surface area contributed by atoms with Gasteiger partial charge in [-0.25, -0.2) is 4.79 Å². The number of amides is 1. The Morgan fingerprint density at radius 2 is 2.06 bits per heavy atom. The van der Waals surface area contributed by atoms with Gasteiger partial charge in [0.2, 0.25) is 0 Å². The number of hydrogen-bond donors (Lipinski definition) is 2. The fourth-order valence-corrected chi connectivity index (χ4v) is 2.35. The number of carboxylic acids is 1. The van der Waals surface area contributed by atoms with Crippen LogP contribution in [0.3, 0.4) is 0 Å². The first-order valence-electron chi connectivity index (χ1n) is 5.05. The van der Waals surface area contributed by atoms with Crippen LogP contribution < -0.4 is 5.32 Å². The molecule has 4 nitrogen and oxygen atoms in total.